The van der Waals surface area contributed by atoms with Crippen molar-refractivity contribution < 1.29 is 35.2 Å². The van der Waals surface area contributed by atoms with Gasteiger partial charge >= 0.3 is 8.80 Å². The number of rotatable bonds is 15. The van der Waals surface area contributed by atoms with Gasteiger partial charge in [0, 0.05) is 38.5 Å². The van der Waals surface area contributed by atoms with Gasteiger partial charge in [-0.2, -0.15) is 11.8 Å². The van der Waals surface area contributed by atoms with E-state index in [1.165, 1.54) is 33.1 Å². The first-order chi connectivity index (χ1) is 11.6. The molecule has 0 aromatic heterocycles. The summed E-state index contributed by atoms with van der Waals surface area (Å²) in [6.45, 7) is 3.12. The summed E-state index contributed by atoms with van der Waals surface area (Å²) < 4.78 is 62.2. The van der Waals surface area contributed by atoms with Crippen LogP contribution in [0.4, 0.5) is 0 Å². The summed E-state index contributed by atoms with van der Waals surface area (Å²) in [6, 6.07) is 0.633. The molecule has 0 fully saturated rings. The zero-order valence-corrected chi connectivity index (χ0v) is 18.3. The van der Waals surface area contributed by atoms with Gasteiger partial charge in [0.05, 0.1) is 23.4 Å². The van der Waals surface area contributed by atoms with Gasteiger partial charge in [-0.05, 0) is 12.2 Å². The Balaban J connectivity index is 4.13. The van der Waals surface area contributed by atoms with Crippen LogP contribution in [0, 0.1) is 0 Å². The fraction of sp³-hybridized carbons (Fsp3) is 0.846. The molecule has 0 bridgehead atoms. The number of thioether (sulfide) groups is 1. The number of sulfone groups is 2. The molecule has 1 N–H and O–H groups in total. The Bertz CT molecular complexity index is 578. The van der Waals surface area contributed by atoms with Gasteiger partial charge in [0.1, 0.15) is 0 Å². The van der Waals surface area contributed by atoms with E-state index in [4.69, 9.17) is 13.3 Å². The SMILES string of the molecule is C=CS(=O)(=O)CC(O)CS(=O)(=O)CCSCCC[Si](OC)(OC)OC. The molecule has 0 heterocycles. The van der Waals surface area contributed by atoms with Crippen molar-refractivity contribution in [1.29, 1.82) is 0 Å². The lowest BCUT2D eigenvalue weighted by atomic mass is 10.5. The summed E-state index contributed by atoms with van der Waals surface area (Å²) in [6.07, 6.45) is -0.693. The zero-order chi connectivity index (χ0) is 19.6. The van der Waals surface area contributed by atoms with Crippen LogP contribution >= 0.6 is 11.8 Å². The first-order valence-electron chi connectivity index (χ1n) is 7.52. The molecule has 1 atom stereocenters. The molecule has 0 aliphatic rings. The first kappa shape index (κ1) is 25.0. The Morgan fingerprint density at radius 3 is 2.12 bits per heavy atom. The number of hydrogen-bond donors (Lipinski definition) is 1. The van der Waals surface area contributed by atoms with Gasteiger partial charge in [0.2, 0.25) is 0 Å². The van der Waals surface area contributed by atoms with Crippen LogP contribution in [0.3, 0.4) is 0 Å². The molecular weight excluding hydrogens is 408 g/mol. The summed E-state index contributed by atoms with van der Waals surface area (Å²) in [7, 11) is -5.14. The molecule has 12 heteroatoms. The van der Waals surface area contributed by atoms with E-state index in [0.29, 0.717) is 23.0 Å². The molecule has 0 amide bonds. The average Bonchev–Trinajstić information content (AvgIpc) is 2.53. The van der Waals surface area contributed by atoms with Crippen molar-refractivity contribution in [3.05, 3.63) is 12.0 Å². The van der Waals surface area contributed by atoms with Crippen molar-refractivity contribution in [3.8, 4) is 0 Å². The van der Waals surface area contributed by atoms with Crippen LogP contribution in [0.1, 0.15) is 6.42 Å². The first-order valence-corrected chi connectivity index (χ1v) is 14.1. The highest BCUT2D eigenvalue weighted by atomic mass is 32.2. The third kappa shape index (κ3) is 10.7. The Hall–Kier alpha value is 0.0469. The normalized spacial score (nSPS) is 14.4. The van der Waals surface area contributed by atoms with Crippen molar-refractivity contribution in [2.24, 2.45) is 0 Å². The molecule has 0 spiro atoms. The third-order valence-corrected chi connectivity index (χ3v) is 10.6. The van der Waals surface area contributed by atoms with Crippen LogP contribution in [-0.2, 0) is 33.0 Å². The van der Waals surface area contributed by atoms with E-state index < -0.39 is 46.1 Å². The molecule has 25 heavy (non-hydrogen) atoms. The molecule has 0 saturated heterocycles. The lowest BCUT2D eigenvalue weighted by Crippen LogP contribution is -2.42. The molecule has 8 nitrogen and oxygen atoms in total. The smallest absolute Gasteiger partial charge is 0.391 e. The fourth-order valence-electron chi connectivity index (χ4n) is 2.00. The second kappa shape index (κ2) is 11.7. The summed E-state index contributed by atoms with van der Waals surface area (Å²) in [5.74, 6) is -0.253. The van der Waals surface area contributed by atoms with E-state index in [-0.39, 0.29) is 5.75 Å². The van der Waals surface area contributed by atoms with Crippen LogP contribution in [-0.4, -0.2) is 86.9 Å². The van der Waals surface area contributed by atoms with E-state index in [1.54, 1.807) is 0 Å². The maximum atomic E-state index is 11.9. The van der Waals surface area contributed by atoms with Crippen molar-refractivity contribution in [2.45, 2.75) is 18.6 Å². The Kier molecular flexibility index (Phi) is 11.7. The minimum Gasteiger partial charge on any atom is -0.391 e. The van der Waals surface area contributed by atoms with Crippen LogP contribution in [0.25, 0.3) is 0 Å². The van der Waals surface area contributed by atoms with Crippen LogP contribution < -0.4 is 0 Å². The highest BCUT2D eigenvalue weighted by Crippen LogP contribution is 2.17. The highest BCUT2D eigenvalue weighted by Gasteiger charge is 2.36. The van der Waals surface area contributed by atoms with Gasteiger partial charge in [-0.15, -0.1) is 0 Å². The van der Waals surface area contributed by atoms with Crippen molar-refractivity contribution in [2.75, 3.05) is 50.1 Å². The molecule has 0 aromatic rings. The van der Waals surface area contributed by atoms with E-state index in [2.05, 4.69) is 6.58 Å². The molecule has 0 aliphatic heterocycles. The molecule has 0 aromatic carbocycles. The van der Waals surface area contributed by atoms with Crippen molar-refractivity contribution >= 4 is 40.2 Å². The van der Waals surface area contributed by atoms with Gasteiger partial charge in [0.25, 0.3) is 0 Å². The minimum atomic E-state index is -3.63. The highest BCUT2D eigenvalue weighted by molar-refractivity contribution is 8.00. The summed E-state index contributed by atoms with van der Waals surface area (Å²) in [5, 5.41) is 10.3. The van der Waals surface area contributed by atoms with Crippen LogP contribution in [0.15, 0.2) is 12.0 Å². The second-order valence-corrected chi connectivity index (χ2v) is 13.8. The largest absolute Gasteiger partial charge is 0.500 e. The van der Waals surface area contributed by atoms with Gasteiger partial charge in [-0.25, -0.2) is 16.8 Å². The standard InChI is InChI=1S/C13H28O8S3Si/c1-5-23(15,16)11-13(14)12-24(17,18)9-8-22-7-6-10-25(19-2,20-3)21-4/h5,13-14H,1,6-12H2,2-4H3. The van der Waals surface area contributed by atoms with E-state index in [0.717, 1.165) is 6.42 Å². The van der Waals surface area contributed by atoms with Crippen molar-refractivity contribution in [1.82, 2.24) is 0 Å². The van der Waals surface area contributed by atoms with Crippen LogP contribution in [0.5, 0.6) is 0 Å². The summed E-state index contributed by atoms with van der Waals surface area (Å²) in [4.78, 5) is 0. The Morgan fingerprint density at radius 1 is 1.08 bits per heavy atom. The monoisotopic (exact) mass is 436 g/mol. The number of hydrogen-bond acceptors (Lipinski definition) is 9. The van der Waals surface area contributed by atoms with Crippen LogP contribution in [0.2, 0.25) is 6.04 Å². The molecule has 0 aliphatic carbocycles. The maximum absolute atomic E-state index is 11.9. The second-order valence-electron chi connectivity index (χ2n) is 5.28. The van der Waals surface area contributed by atoms with Gasteiger partial charge < -0.3 is 18.4 Å². The van der Waals surface area contributed by atoms with E-state index >= 15 is 0 Å². The molecule has 0 radical (unpaired) electrons. The predicted octanol–water partition coefficient (Wildman–Crippen LogP) is 0.322. The van der Waals surface area contributed by atoms with Crippen molar-refractivity contribution in [3.63, 3.8) is 0 Å². The molecule has 0 saturated carbocycles. The third-order valence-electron chi connectivity index (χ3n) is 3.37. The maximum Gasteiger partial charge on any atom is 0.500 e. The Morgan fingerprint density at radius 2 is 1.64 bits per heavy atom. The zero-order valence-electron chi connectivity index (χ0n) is 14.8. The molecule has 150 valence electrons. The topological polar surface area (TPSA) is 116 Å². The Labute approximate surface area is 156 Å². The summed E-state index contributed by atoms with van der Waals surface area (Å²) in [5.41, 5.74) is 0. The number of aliphatic hydroxyl groups is 1. The van der Waals surface area contributed by atoms with Gasteiger partial charge in [-0.1, -0.05) is 6.58 Å². The predicted molar refractivity (Wildman–Crippen MR) is 102 cm³/mol. The lowest BCUT2D eigenvalue weighted by molar-refractivity contribution is 0.123. The summed E-state index contributed by atoms with van der Waals surface area (Å²) >= 11 is 1.46. The fourth-order valence-corrected chi connectivity index (χ4v) is 7.82. The van der Waals surface area contributed by atoms with E-state index in [1.807, 2.05) is 0 Å². The minimum absolute atomic E-state index is 0.121. The lowest BCUT2D eigenvalue weighted by Gasteiger charge is -2.24. The van der Waals surface area contributed by atoms with Gasteiger partial charge in [-0.3, -0.25) is 0 Å². The van der Waals surface area contributed by atoms with E-state index in [9.17, 15) is 21.9 Å². The number of aliphatic hydroxyl groups excluding tert-OH is 1. The van der Waals surface area contributed by atoms with Gasteiger partial charge in [0.15, 0.2) is 19.7 Å². The average molecular weight is 437 g/mol. The molecule has 1 unspecified atom stereocenters. The molecule has 0 rings (SSSR count). The quantitative estimate of drug-likeness (QED) is 0.286. The molecular formula is C13H28O8S3Si.